The number of hydrogen-bond donors (Lipinski definition) is 1. The van der Waals surface area contributed by atoms with Gasteiger partial charge in [0.2, 0.25) is 0 Å². The number of rotatable bonds is 7. The van der Waals surface area contributed by atoms with Crippen LogP contribution in [0.3, 0.4) is 0 Å². The van der Waals surface area contributed by atoms with E-state index in [0.717, 1.165) is 17.9 Å². The molecule has 0 spiro atoms. The smallest absolute Gasteiger partial charge is 0.251 e. The Morgan fingerprint density at radius 3 is 2.40 bits per heavy atom. The summed E-state index contributed by atoms with van der Waals surface area (Å²) in [4.78, 5) is 12.2. The van der Waals surface area contributed by atoms with Gasteiger partial charge in [-0.3, -0.25) is 4.79 Å². The van der Waals surface area contributed by atoms with E-state index in [-0.39, 0.29) is 5.91 Å². The van der Waals surface area contributed by atoms with Crippen LogP contribution in [0.15, 0.2) is 24.3 Å². The molecule has 0 aliphatic heterocycles. The van der Waals surface area contributed by atoms with E-state index in [9.17, 15) is 4.79 Å². The predicted octanol–water partition coefficient (Wildman–Crippen LogP) is 4.21. The van der Waals surface area contributed by atoms with Gasteiger partial charge in [-0.2, -0.15) is 11.8 Å². The molecular formula is C17H27NOS. The van der Waals surface area contributed by atoms with Crippen molar-refractivity contribution in [3.05, 3.63) is 35.4 Å². The van der Waals surface area contributed by atoms with Gasteiger partial charge in [-0.05, 0) is 41.7 Å². The zero-order valence-electron chi connectivity index (χ0n) is 13.3. The molecule has 0 atom stereocenters. The first kappa shape index (κ1) is 17.1. The van der Waals surface area contributed by atoms with E-state index in [1.54, 1.807) is 11.8 Å². The monoisotopic (exact) mass is 293 g/mol. The Balaban J connectivity index is 2.64. The molecule has 0 fully saturated rings. The Hall–Kier alpha value is -0.960. The summed E-state index contributed by atoms with van der Waals surface area (Å²) in [5.41, 5.74) is 1.97. The second kappa shape index (κ2) is 8.35. The molecule has 2 nitrogen and oxygen atoms in total. The number of thioether (sulfide) groups is 1. The second-order valence-electron chi connectivity index (χ2n) is 6.00. The Morgan fingerprint density at radius 1 is 1.20 bits per heavy atom. The van der Waals surface area contributed by atoms with Crippen molar-refractivity contribution >= 4 is 17.7 Å². The molecule has 0 aliphatic rings. The molecule has 0 aliphatic carbocycles. The summed E-state index contributed by atoms with van der Waals surface area (Å²) in [7, 11) is 0. The van der Waals surface area contributed by atoms with Crippen LogP contribution in [0.4, 0.5) is 0 Å². The maximum Gasteiger partial charge on any atom is 0.251 e. The van der Waals surface area contributed by atoms with Crippen LogP contribution in [-0.2, 0) is 5.75 Å². The Labute approximate surface area is 127 Å². The highest BCUT2D eigenvalue weighted by atomic mass is 32.2. The first-order valence-corrected chi connectivity index (χ1v) is 8.71. The molecule has 1 amide bonds. The number of benzene rings is 1. The summed E-state index contributed by atoms with van der Waals surface area (Å²) in [5.74, 6) is 2.67. The molecule has 0 heterocycles. The van der Waals surface area contributed by atoms with Crippen LogP contribution in [0.2, 0.25) is 0 Å². The summed E-state index contributed by atoms with van der Waals surface area (Å²) in [5, 5.41) is 3.09. The quantitative estimate of drug-likeness (QED) is 0.816. The number of amides is 1. The van der Waals surface area contributed by atoms with Gasteiger partial charge in [0, 0.05) is 17.9 Å². The topological polar surface area (TPSA) is 29.1 Å². The van der Waals surface area contributed by atoms with Crippen LogP contribution < -0.4 is 5.32 Å². The lowest BCUT2D eigenvalue weighted by Gasteiger charge is -2.25. The SMILES string of the molecule is CSCc1cccc(C(=O)NCC(C(C)C)C(C)C)c1. The molecular weight excluding hydrogens is 266 g/mol. The summed E-state index contributed by atoms with van der Waals surface area (Å²) in [6.45, 7) is 9.62. The lowest BCUT2D eigenvalue weighted by Crippen LogP contribution is -2.33. The maximum atomic E-state index is 12.2. The third-order valence-electron chi connectivity index (χ3n) is 3.71. The average Bonchev–Trinajstić information content (AvgIpc) is 2.38. The summed E-state index contributed by atoms with van der Waals surface area (Å²) < 4.78 is 0. The van der Waals surface area contributed by atoms with E-state index < -0.39 is 0 Å². The second-order valence-corrected chi connectivity index (χ2v) is 6.86. The van der Waals surface area contributed by atoms with Gasteiger partial charge in [0.25, 0.3) is 5.91 Å². The van der Waals surface area contributed by atoms with Gasteiger partial charge >= 0.3 is 0 Å². The summed E-state index contributed by atoms with van der Waals surface area (Å²) in [6, 6.07) is 7.91. The van der Waals surface area contributed by atoms with Crippen molar-refractivity contribution in [1.82, 2.24) is 5.32 Å². The van der Waals surface area contributed by atoms with Gasteiger partial charge in [-0.15, -0.1) is 0 Å². The van der Waals surface area contributed by atoms with Crippen molar-refractivity contribution in [1.29, 1.82) is 0 Å². The molecule has 0 saturated carbocycles. The first-order valence-electron chi connectivity index (χ1n) is 7.31. The number of hydrogen-bond acceptors (Lipinski definition) is 2. The summed E-state index contributed by atoms with van der Waals surface area (Å²) in [6.07, 6.45) is 2.07. The van der Waals surface area contributed by atoms with Crippen molar-refractivity contribution in [2.24, 2.45) is 17.8 Å². The standard InChI is InChI=1S/C17H27NOS/c1-12(2)16(13(3)4)10-18-17(19)15-8-6-7-14(9-15)11-20-5/h6-9,12-13,16H,10-11H2,1-5H3,(H,18,19). The highest BCUT2D eigenvalue weighted by Gasteiger charge is 2.18. The van der Waals surface area contributed by atoms with E-state index in [1.165, 1.54) is 5.56 Å². The fraction of sp³-hybridized carbons (Fsp3) is 0.588. The van der Waals surface area contributed by atoms with Crippen molar-refractivity contribution in [3.63, 3.8) is 0 Å². The largest absolute Gasteiger partial charge is 0.352 e. The van der Waals surface area contributed by atoms with E-state index in [4.69, 9.17) is 0 Å². The Bertz CT molecular complexity index is 421. The van der Waals surface area contributed by atoms with Crippen LogP contribution in [0.5, 0.6) is 0 Å². The molecule has 112 valence electrons. The average molecular weight is 293 g/mol. The highest BCUT2D eigenvalue weighted by molar-refractivity contribution is 7.97. The number of carbonyl (C=O) groups excluding carboxylic acids is 1. The van der Waals surface area contributed by atoms with E-state index in [1.807, 2.05) is 18.2 Å². The molecule has 0 bridgehead atoms. The van der Waals surface area contributed by atoms with Crippen LogP contribution in [0.1, 0.15) is 43.6 Å². The first-order chi connectivity index (χ1) is 9.45. The molecule has 1 aromatic carbocycles. The predicted molar refractivity (Wildman–Crippen MR) is 89.2 cm³/mol. The fourth-order valence-corrected chi connectivity index (χ4v) is 3.04. The van der Waals surface area contributed by atoms with Crippen molar-refractivity contribution in [2.45, 2.75) is 33.4 Å². The molecule has 0 saturated heterocycles. The van der Waals surface area contributed by atoms with Gasteiger partial charge in [-0.25, -0.2) is 0 Å². The molecule has 1 rings (SSSR count). The van der Waals surface area contributed by atoms with E-state index >= 15 is 0 Å². The minimum Gasteiger partial charge on any atom is -0.352 e. The molecule has 20 heavy (non-hydrogen) atoms. The molecule has 0 unspecified atom stereocenters. The van der Waals surface area contributed by atoms with Gasteiger partial charge in [-0.1, -0.05) is 39.8 Å². The molecule has 0 radical (unpaired) electrons. The van der Waals surface area contributed by atoms with Gasteiger partial charge < -0.3 is 5.32 Å². The highest BCUT2D eigenvalue weighted by Crippen LogP contribution is 2.19. The third-order valence-corrected chi connectivity index (χ3v) is 4.33. The Morgan fingerprint density at radius 2 is 1.85 bits per heavy atom. The van der Waals surface area contributed by atoms with E-state index in [0.29, 0.717) is 17.8 Å². The molecule has 1 N–H and O–H groups in total. The van der Waals surface area contributed by atoms with Gasteiger partial charge in [0.1, 0.15) is 0 Å². The minimum atomic E-state index is 0.0410. The van der Waals surface area contributed by atoms with Crippen molar-refractivity contribution < 1.29 is 4.79 Å². The number of nitrogens with one attached hydrogen (secondary N) is 1. The maximum absolute atomic E-state index is 12.2. The van der Waals surface area contributed by atoms with Crippen molar-refractivity contribution in [2.75, 3.05) is 12.8 Å². The normalized spacial score (nSPS) is 11.4. The van der Waals surface area contributed by atoms with Crippen LogP contribution in [-0.4, -0.2) is 18.7 Å². The Kier molecular flexibility index (Phi) is 7.14. The number of carbonyl (C=O) groups is 1. The molecule has 3 heteroatoms. The zero-order valence-corrected chi connectivity index (χ0v) is 14.1. The lowest BCUT2D eigenvalue weighted by atomic mass is 9.85. The van der Waals surface area contributed by atoms with E-state index in [2.05, 4.69) is 45.3 Å². The molecule has 1 aromatic rings. The van der Waals surface area contributed by atoms with Crippen LogP contribution in [0.25, 0.3) is 0 Å². The summed E-state index contributed by atoms with van der Waals surface area (Å²) >= 11 is 1.77. The molecule has 0 aromatic heterocycles. The van der Waals surface area contributed by atoms with Crippen LogP contribution in [0, 0.1) is 17.8 Å². The fourth-order valence-electron chi connectivity index (χ4n) is 2.52. The lowest BCUT2D eigenvalue weighted by molar-refractivity contribution is 0.0937. The minimum absolute atomic E-state index is 0.0410. The zero-order chi connectivity index (χ0) is 15.1. The van der Waals surface area contributed by atoms with Crippen molar-refractivity contribution in [3.8, 4) is 0 Å². The van der Waals surface area contributed by atoms with Gasteiger partial charge in [0.05, 0.1) is 0 Å². The third kappa shape index (κ3) is 5.20. The van der Waals surface area contributed by atoms with Crippen LogP contribution >= 0.6 is 11.8 Å². The van der Waals surface area contributed by atoms with Gasteiger partial charge in [0.15, 0.2) is 0 Å².